The maximum Gasteiger partial charge on any atom is 0.276 e. The number of H-pyrrole nitrogens is 1. The van der Waals surface area contributed by atoms with Gasteiger partial charge in [0.05, 0.1) is 30.7 Å². The highest BCUT2D eigenvalue weighted by atomic mass is 16.5. The molecule has 1 amide bonds. The van der Waals surface area contributed by atoms with E-state index in [1.165, 1.54) is 0 Å². The van der Waals surface area contributed by atoms with Gasteiger partial charge in [0, 0.05) is 13.1 Å². The van der Waals surface area contributed by atoms with E-state index in [0.29, 0.717) is 36.8 Å². The van der Waals surface area contributed by atoms with Gasteiger partial charge < -0.3 is 20.5 Å². The third-order valence-electron chi connectivity index (χ3n) is 3.37. The van der Waals surface area contributed by atoms with Gasteiger partial charge in [0.1, 0.15) is 0 Å². The van der Waals surface area contributed by atoms with Crippen molar-refractivity contribution in [1.82, 2.24) is 15.1 Å². The standard InChI is InChI=1S/C12H20N4O3/c1-8-10(13)11(15-14-8)12(18)16-4-2-9(3-5-16)19-7-6-17/h9,17H,2-7,13H2,1H3,(H,14,15). The fourth-order valence-corrected chi connectivity index (χ4v) is 2.20. The van der Waals surface area contributed by atoms with Crippen molar-refractivity contribution < 1.29 is 14.6 Å². The highest BCUT2D eigenvalue weighted by molar-refractivity contribution is 5.97. The zero-order valence-corrected chi connectivity index (χ0v) is 11.1. The number of carbonyl (C=O) groups is 1. The Kier molecular flexibility index (Phi) is 4.39. The number of carbonyl (C=O) groups excluding carboxylic acids is 1. The molecule has 0 unspecified atom stereocenters. The van der Waals surface area contributed by atoms with Crippen molar-refractivity contribution >= 4 is 11.6 Å². The molecular formula is C12H20N4O3. The second-order valence-corrected chi connectivity index (χ2v) is 4.70. The molecule has 0 spiro atoms. The van der Waals surface area contributed by atoms with Crippen molar-refractivity contribution in [3.8, 4) is 0 Å². The molecule has 106 valence electrons. The van der Waals surface area contributed by atoms with Gasteiger partial charge in [0.25, 0.3) is 5.91 Å². The first-order valence-electron chi connectivity index (χ1n) is 6.45. The summed E-state index contributed by atoms with van der Waals surface area (Å²) < 4.78 is 5.46. The van der Waals surface area contributed by atoms with Crippen molar-refractivity contribution in [3.63, 3.8) is 0 Å². The molecule has 1 fully saturated rings. The number of aromatic amines is 1. The molecule has 19 heavy (non-hydrogen) atoms. The predicted molar refractivity (Wildman–Crippen MR) is 69.7 cm³/mol. The Morgan fingerprint density at radius 1 is 1.58 bits per heavy atom. The maximum atomic E-state index is 12.2. The first-order valence-corrected chi connectivity index (χ1v) is 6.45. The minimum Gasteiger partial charge on any atom is -0.395 e. The number of likely N-dealkylation sites (tertiary alicyclic amines) is 1. The molecule has 4 N–H and O–H groups in total. The number of aliphatic hydroxyl groups excluding tert-OH is 1. The summed E-state index contributed by atoms with van der Waals surface area (Å²) in [4.78, 5) is 14.0. The van der Waals surface area contributed by atoms with E-state index in [-0.39, 0.29) is 18.6 Å². The number of nitrogens with zero attached hydrogens (tertiary/aromatic N) is 2. The Balaban J connectivity index is 1.91. The number of aryl methyl sites for hydroxylation is 1. The van der Waals surface area contributed by atoms with Crippen molar-refractivity contribution in [2.45, 2.75) is 25.9 Å². The minimum atomic E-state index is -0.137. The van der Waals surface area contributed by atoms with E-state index in [9.17, 15) is 4.79 Å². The van der Waals surface area contributed by atoms with E-state index in [1.807, 2.05) is 0 Å². The predicted octanol–water partition coefficient (Wildman–Crippen LogP) is -0.0862. The molecular weight excluding hydrogens is 248 g/mol. The summed E-state index contributed by atoms with van der Waals surface area (Å²) in [5.74, 6) is -0.137. The van der Waals surface area contributed by atoms with Gasteiger partial charge in [0.15, 0.2) is 5.69 Å². The molecule has 7 heteroatoms. The largest absolute Gasteiger partial charge is 0.395 e. The lowest BCUT2D eigenvalue weighted by Gasteiger charge is -2.31. The summed E-state index contributed by atoms with van der Waals surface area (Å²) in [6.45, 7) is 3.42. The lowest BCUT2D eigenvalue weighted by atomic mass is 10.1. The molecule has 1 saturated heterocycles. The first kappa shape index (κ1) is 13.8. The topological polar surface area (TPSA) is 104 Å². The summed E-state index contributed by atoms with van der Waals surface area (Å²) in [6, 6.07) is 0. The van der Waals surface area contributed by atoms with Crippen LogP contribution in [0.2, 0.25) is 0 Å². The van der Waals surface area contributed by atoms with E-state index in [2.05, 4.69) is 10.2 Å². The summed E-state index contributed by atoms with van der Waals surface area (Å²) in [6.07, 6.45) is 1.67. The molecule has 1 aromatic rings. The third-order valence-corrected chi connectivity index (χ3v) is 3.37. The Labute approximate surface area is 111 Å². The molecule has 0 aliphatic carbocycles. The van der Waals surface area contributed by atoms with Gasteiger partial charge in [-0.2, -0.15) is 5.10 Å². The Morgan fingerprint density at radius 3 is 2.79 bits per heavy atom. The van der Waals surface area contributed by atoms with Gasteiger partial charge >= 0.3 is 0 Å². The summed E-state index contributed by atoms with van der Waals surface area (Å²) in [5.41, 5.74) is 7.24. The average molecular weight is 268 g/mol. The van der Waals surface area contributed by atoms with Crippen molar-refractivity contribution in [2.24, 2.45) is 0 Å². The number of aromatic nitrogens is 2. The SMILES string of the molecule is Cc1[nH]nc(C(=O)N2CCC(OCCO)CC2)c1N. The number of anilines is 1. The molecule has 0 aromatic carbocycles. The van der Waals surface area contributed by atoms with Gasteiger partial charge in [-0.3, -0.25) is 9.89 Å². The molecule has 1 aliphatic rings. The van der Waals surface area contributed by atoms with Crippen LogP contribution in [-0.4, -0.2) is 58.5 Å². The van der Waals surface area contributed by atoms with Gasteiger partial charge in [-0.1, -0.05) is 0 Å². The zero-order chi connectivity index (χ0) is 13.8. The molecule has 0 saturated carbocycles. The number of amides is 1. The minimum absolute atomic E-state index is 0.0300. The monoisotopic (exact) mass is 268 g/mol. The molecule has 1 aromatic heterocycles. The van der Waals surface area contributed by atoms with Gasteiger partial charge in [-0.05, 0) is 19.8 Å². The van der Waals surface area contributed by atoms with Crippen LogP contribution in [0.15, 0.2) is 0 Å². The van der Waals surface area contributed by atoms with Crippen molar-refractivity contribution in [3.05, 3.63) is 11.4 Å². The Hall–Kier alpha value is -1.60. The van der Waals surface area contributed by atoms with Gasteiger partial charge in [-0.25, -0.2) is 0 Å². The van der Waals surface area contributed by atoms with E-state index in [4.69, 9.17) is 15.6 Å². The van der Waals surface area contributed by atoms with Crippen molar-refractivity contribution in [1.29, 1.82) is 0 Å². The zero-order valence-electron chi connectivity index (χ0n) is 11.1. The number of aliphatic hydroxyl groups is 1. The molecule has 7 nitrogen and oxygen atoms in total. The second kappa shape index (κ2) is 6.03. The number of nitrogen functional groups attached to an aromatic ring is 1. The summed E-state index contributed by atoms with van der Waals surface area (Å²) in [5, 5.41) is 15.4. The van der Waals surface area contributed by atoms with E-state index in [0.717, 1.165) is 12.8 Å². The lowest BCUT2D eigenvalue weighted by molar-refractivity contribution is -0.00562. The summed E-state index contributed by atoms with van der Waals surface area (Å²) >= 11 is 0. The molecule has 0 atom stereocenters. The normalized spacial score (nSPS) is 16.8. The van der Waals surface area contributed by atoms with Crippen molar-refractivity contribution in [2.75, 3.05) is 32.0 Å². The van der Waals surface area contributed by atoms with Crippen LogP contribution in [0.5, 0.6) is 0 Å². The molecule has 0 radical (unpaired) electrons. The number of piperidine rings is 1. The number of rotatable bonds is 4. The van der Waals surface area contributed by atoms with E-state index in [1.54, 1.807) is 11.8 Å². The van der Waals surface area contributed by atoms with Crippen LogP contribution in [0.3, 0.4) is 0 Å². The average Bonchev–Trinajstić information content (AvgIpc) is 2.76. The second-order valence-electron chi connectivity index (χ2n) is 4.70. The van der Waals surface area contributed by atoms with Gasteiger partial charge in [-0.15, -0.1) is 0 Å². The lowest BCUT2D eigenvalue weighted by Crippen LogP contribution is -2.41. The van der Waals surface area contributed by atoms with E-state index < -0.39 is 0 Å². The molecule has 2 rings (SSSR count). The summed E-state index contributed by atoms with van der Waals surface area (Å²) in [7, 11) is 0. The molecule has 1 aliphatic heterocycles. The van der Waals surface area contributed by atoms with Gasteiger partial charge in [0.2, 0.25) is 0 Å². The van der Waals surface area contributed by atoms with Crippen LogP contribution in [-0.2, 0) is 4.74 Å². The Morgan fingerprint density at radius 2 is 2.26 bits per heavy atom. The van der Waals surface area contributed by atoms with Crippen LogP contribution in [0, 0.1) is 6.92 Å². The maximum absolute atomic E-state index is 12.2. The van der Waals surface area contributed by atoms with Crippen LogP contribution < -0.4 is 5.73 Å². The Bertz CT molecular complexity index is 438. The number of ether oxygens (including phenoxy) is 1. The number of nitrogens with two attached hydrogens (primary N) is 1. The highest BCUT2D eigenvalue weighted by Crippen LogP contribution is 2.19. The quantitative estimate of drug-likeness (QED) is 0.708. The van der Waals surface area contributed by atoms with Crippen LogP contribution in [0.1, 0.15) is 29.0 Å². The smallest absolute Gasteiger partial charge is 0.276 e. The van der Waals surface area contributed by atoms with Crippen LogP contribution >= 0.6 is 0 Å². The third kappa shape index (κ3) is 3.05. The number of hydrogen-bond donors (Lipinski definition) is 3. The number of hydrogen-bond acceptors (Lipinski definition) is 5. The van der Waals surface area contributed by atoms with Crippen LogP contribution in [0.25, 0.3) is 0 Å². The number of nitrogens with one attached hydrogen (secondary N) is 1. The molecule has 0 bridgehead atoms. The van der Waals surface area contributed by atoms with Crippen LogP contribution in [0.4, 0.5) is 5.69 Å². The van der Waals surface area contributed by atoms with E-state index >= 15 is 0 Å². The first-order chi connectivity index (χ1) is 9.13. The highest BCUT2D eigenvalue weighted by Gasteiger charge is 2.26. The fourth-order valence-electron chi connectivity index (χ4n) is 2.20. The molecule has 2 heterocycles. The fraction of sp³-hybridized carbons (Fsp3) is 0.667.